The van der Waals surface area contributed by atoms with E-state index < -0.39 is 11.5 Å². The average molecular weight is 651 g/mol. The zero-order valence-corrected chi connectivity index (χ0v) is 28.0. The predicted octanol–water partition coefficient (Wildman–Crippen LogP) is 7.93. The maximum absolute atomic E-state index is 14.0. The van der Waals surface area contributed by atoms with Gasteiger partial charge in [0, 0.05) is 39.7 Å². The number of nitrogens with one attached hydrogen (secondary N) is 2. The maximum atomic E-state index is 14.0. The summed E-state index contributed by atoms with van der Waals surface area (Å²) in [7, 11) is 1.34. The minimum atomic E-state index is -0.980. The van der Waals surface area contributed by atoms with Crippen LogP contribution in [-0.2, 0) is 27.3 Å². The highest BCUT2D eigenvalue weighted by Gasteiger charge is 2.43. The summed E-state index contributed by atoms with van der Waals surface area (Å²) < 4.78 is 7.08. The molecule has 2 aromatic carbocycles. The average Bonchev–Trinajstić information content (AvgIpc) is 3.77. The number of methoxy groups -OCH3 is 1. The van der Waals surface area contributed by atoms with Crippen LogP contribution in [0.15, 0.2) is 48.5 Å². The van der Waals surface area contributed by atoms with Crippen LogP contribution in [0.3, 0.4) is 0 Å². The van der Waals surface area contributed by atoms with Gasteiger partial charge in [-0.1, -0.05) is 50.3 Å². The molecule has 2 aromatic heterocycles. The molecule has 3 aliphatic rings. The Labute approximate surface area is 279 Å². The van der Waals surface area contributed by atoms with Crippen molar-refractivity contribution < 1.29 is 19.1 Å². The van der Waals surface area contributed by atoms with E-state index in [2.05, 4.69) is 32.9 Å². The number of fused-ring (bicyclic) bond motifs is 5. The Kier molecular flexibility index (Phi) is 8.75. The van der Waals surface area contributed by atoms with E-state index in [0.717, 1.165) is 54.0 Å². The second-order valence-corrected chi connectivity index (χ2v) is 14.6. The van der Waals surface area contributed by atoms with Crippen molar-refractivity contribution in [2.24, 2.45) is 0 Å². The zero-order chi connectivity index (χ0) is 32.5. The summed E-state index contributed by atoms with van der Waals surface area (Å²) in [4.78, 5) is 45.6. The second-order valence-electron chi connectivity index (χ2n) is 13.3. The zero-order valence-electron chi connectivity index (χ0n) is 27.2. The quantitative estimate of drug-likeness (QED) is 0.156. The third kappa shape index (κ3) is 6.13. The molecule has 4 aromatic rings. The van der Waals surface area contributed by atoms with Crippen molar-refractivity contribution in [1.82, 2.24) is 14.9 Å². The molecule has 8 nitrogen and oxygen atoms in total. The minimum Gasteiger partial charge on any atom is -0.466 e. The van der Waals surface area contributed by atoms with Crippen molar-refractivity contribution >= 4 is 51.8 Å². The number of esters is 1. The van der Waals surface area contributed by atoms with Crippen LogP contribution >= 0.6 is 11.3 Å². The molecular weight excluding hydrogens is 609 g/mol. The Bertz CT molecular complexity index is 1860. The summed E-state index contributed by atoms with van der Waals surface area (Å²) >= 11 is 1.82. The molecule has 0 spiro atoms. The first-order valence-corrected chi connectivity index (χ1v) is 17.8. The van der Waals surface area contributed by atoms with Crippen LogP contribution in [0.2, 0.25) is 0 Å². The number of hydrogen-bond donors (Lipinski definition) is 2. The number of ether oxygens (including phenoxy) is 1. The van der Waals surface area contributed by atoms with E-state index in [1.54, 1.807) is 18.2 Å². The number of nitrogens with zero attached hydrogens (tertiary/aromatic N) is 2. The van der Waals surface area contributed by atoms with Gasteiger partial charge in [0.1, 0.15) is 11.2 Å². The largest absolute Gasteiger partial charge is 0.466 e. The number of hydrogen-bond acceptors (Lipinski definition) is 6. The maximum Gasteiger partial charge on any atom is 0.330 e. The van der Waals surface area contributed by atoms with Gasteiger partial charge in [0.05, 0.1) is 17.8 Å². The fraction of sp³-hybridized carbons (Fsp3) is 0.421. The molecule has 0 bridgehead atoms. The van der Waals surface area contributed by atoms with Gasteiger partial charge in [0.2, 0.25) is 5.91 Å². The number of anilines is 1. The number of aromatic nitrogens is 2. The van der Waals surface area contributed by atoms with E-state index in [1.165, 1.54) is 66.8 Å². The normalized spacial score (nSPS) is 17.7. The second kappa shape index (κ2) is 13.1. The first kappa shape index (κ1) is 31.4. The van der Waals surface area contributed by atoms with Crippen LogP contribution in [0.1, 0.15) is 101 Å². The van der Waals surface area contributed by atoms with Gasteiger partial charge in [-0.15, -0.1) is 11.3 Å². The molecule has 0 unspecified atom stereocenters. The molecular formula is C38H42N4O4S. The summed E-state index contributed by atoms with van der Waals surface area (Å²) in [6.45, 7) is 3.00. The molecule has 7 rings (SSSR count). The van der Waals surface area contributed by atoms with Crippen LogP contribution in [0.4, 0.5) is 5.69 Å². The van der Waals surface area contributed by atoms with E-state index in [0.29, 0.717) is 30.0 Å². The molecule has 2 saturated carbocycles. The van der Waals surface area contributed by atoms with E-state index >= 15 is 0 Å². The molecule has 2 aliphatic carbocycles. The van der Waals surface area contributed by atoms with E-state index in [1.807, 2.05) is 35.6 Å². The molecule has 244 valence electrons. The minimum absolute atomic E-state index is 0.204. The summed E-state index contributed by atoms with van der Waals surface area (Å²) in [5, 5.41) is 8.57. The monoisotopic (exact) mass is 650 g/mol. The lowest BCUT2D eigenvalue weighted by atomic mass is 9.82. The lowest BCUT2D eigenvalue weighted by Gasteiger charge is -2.29. The van der Waals surface area contributed by atoms with Crippen molar-refractivity contribution in [2.75, 3.05) is 12.4 Å². The summed E-state index contributed by atoms with van der Waals surface area (Å²) in [5.41, 5.74) is 5.95. The fourth-order valence-corrected chi connectivity index (χ4v) is 8.85. The standard InChI is InChI=1S/C38H42N4O4S/c1-24-39-34-31(47-24)11-8-22-42-30-23-27(15-18-29(30)33(35(34)42)26-9-4-3-5-10-26)36(44)41-38(20-6-7-21-38)37(45)40-28-16-12-25(13-17-28)14-19-32(43)46-2/h12-19,23,26H,3-11,20-22H2,1-2H3,(H,40,45)(H,41,44)/b19-14-. The molecule has 2 fully saturated rings. The number of benzene rings is 2. The van der Waals surface area contributed by atoms with Crippen LogP contribution in [-0.4, -0.2) is 40.0 Å². The van der Waals surface area contributed by atoms with Crippen molar-refractivity contribution in [2.45, 2.75) is 95.6 Å². The summed E-state index contributed by atoms with van der Waals surface area (Å²) in [6.07, 6.45) is 14.2. The van der Waals surface area contributed by atoms with Crippen LogP contribution in [0.5, 0.6) is 0 Å². The molecule has 9 heteroatoms. The van der Waals surface area contributed by atoms with Crippen LogP contribution < -0.4 is 10.6 Å². The van der Waals surface area contributed by atoms with Gasteiger partial charge in [-0.25, -0.2) is 9.78 Å². The van der Waals surface area contributed by atoms with Gasteiger partial charge in [0.15, 0.2) is 0 Å². The molecule has 0 saturated heterocycles. The highest BCUT2D eigenvalue weighted by atomic mass is 32.1. The number of carbonyl (C=O) groups excluding carboxylic acids is 3. The van der Waals surface area contributed by atoms with Gasteiger partial charge < -0.3 is 19.9 Å². The fourth-order valence-electron chi connectivity index (χ4n) is 7.87. The lowest BCUT2D eigenvalue weighted by Crippen LogP contribution is -2.55. The van der Waals surface area contributed by atoms with Crippen LogP contribution in [0, 0.1) is 6.92 Å². The Morgan fingerprint density at radius 2 is 1.77 bits per heavy atom. The Hall–Kier alpha value is -4.24. The molecule has 1 aliphatic heterocycles. The number of carbonyl (C=O) groups is 3. The van der Waals surface area contributed by atoms with Crippen LogP contribution in [0.25, 0.3) is 28.4 Å². The molecule has 3 heterocycles. The highest BCUT2D eigenvalue weighted by molar-refractivity contribution is 7.12. The number of rotatable bonds is 7. The molecule has 0 atom stereocenters. The molecule has 47 heavy (non-hydrogen) atoms. The summed E-state index contributed by atoms with van der Waals surface area (Å²) in [5.74, 6) is -0.356. The van der Waals surface area contributed by atoms with Gasteiger partial charge in [-0.05, 0) is 92.8 Å². The lowest BCUT2D eigenvalue weighted by molar-refractivity contribution is -0.134. The topological polar surface area (TPSA) is 102 Å². The molecule has 2 N–H and O–H groups in total. The summed E-state index contributed by atoms with van der Waals surface area (Å²) in [6, 6.07) is 13.4. The van der Waals surface area contributed by atoms with Gasteiger partial charge in [-0.2, -0.15) is 0 Å². The predicted molar refractivity (Wildman–Crippen MR) is 187 cm³/mol. The first-order chi connectivity index (χ1) is 22.8. The Morgan fingerprint density at radius 1 is 1.00 bits per heavy atom. The Morgan fingerprint density at radius 3 is 2.51 bits per heavy atom. The van der Waals surface area contributed by atoms with Gasteiger partial charge in [-0.3, -0.25) is 9.59 Å². The number of thiazole rings is 1. The number of aryl methyl sites for hydroxylation is 3. The van der Waals surface area contributed by atoms with Crippen molar-refractivity contribution in [3.05, 3.63) is 75.1 Å². The molecule has 0 radical (unpaired) electrons. The van der Waals surface area contributed by atoms with Crippen molar-refractivity contribution in [3.63, 3.8) is 0 Å². The first-order valence-electron chi connectivity index (χ1n) is 17.0. The molecule has 2 amide bonds. The van der Waals surface area contributed by atoms with Gasteiger partial charge >= 0.3 is 5.97 Å². The Balaban J connectivity index is 1.18. The van der Waals surface area contributed by atoms with Crippen molar-refractivity contribution in [1.29, 1.82) is 0 Å². The van der Waals surface area contributed by atoms with Crippen molar-refractivity contribution in [3.8, 4) is 11.4 Å². The number of amides is 2. The van der Waals surface area contributed by atoms with E-state index in [4.69, 9.17) is 4.98 Å². The highest BCUT2D eigenvalue weighted by Crippen LogP contribution is 2.47. The van der Waals surface area contributed by atoms with E-state index in [-0.39, 0.29) is 11.8 Å². The van der Waals surface area contributed by atoms with E-state index in [9.17, 15) is 14.4 Å². The smallest absolute Gasteiger partial charge is 0.330 e. The third-order valence-electron chi connectivity index (χ3n) is 10.2. The third-order valence-corrected chi connectivity index (χ3v) is 11.3. The van der Waals surface area contributed by atoms with Gasteiger partial charge in [0.25, 0.3) is 5.91 Å². The SMILES string of the molecule is COC(=O)/C=C\c1ccc(NC(=O)C2(NC(=O)c3ccc4c(C5CCCCC5)c5n(c4c3)CCCc3sc(C)nc3-5)CCCC2)cc1.